The van der Waals surface area contributed by atoms with Crippen LogP contribution in [0.4, 0.5) is 0 Å². The van der Waals surface area contributed by atoms with E-state index < -0.39 is 0 Å². The van der Waals surface area contributed by atoms with Crippen LogP contribution in [0.1, 0.15) is 35.8 Å². The van der Waals surface area contributed by atoms with Gasteiger partial charge in [-0.3, -0.25) is 4.79 Å². The molecule has 5 heteroatoms. The number of hydrogen-bond donors (Lipinski definition) is 1. The van der Waals surface area contributed by atoms with Crippen molar-refractivity contribution in [2.24, 2.45) is 0 Å². The predicted molar refractivity (Wildman–Crippen MR) is 96.8 cm³/mol. The van der Waals surface area contributed by atoms with E-state index in [1.165, 1.54) is 11.1 Å². The number of hydrogen-bond acceptors (Lipinski definition) is 3. The van der Waals surface area contributed by atoms with E-state index >= 15 is 0 Å². The first-order valence-electron chi connectivity index (χ1n) is 8.44. The summed E-state index contributed by atoms with van der Waals surface area (Å²) >= 11 is 0. The van der Waals surface area contributed by atoms with Crippen molar-refractivity contribution in [1.29, 1.82) is 0 Å². The summed E-state index contributed by atoms with van der Waals surface area (Å²) in [6.45, 7) is 5.68. The van der Waals surface area contributed by atoms with Crippen LogP contribution in [0.5, 0.6) is 0 Å². The zero-order valence-electron chi connectivity index (χ0n) is 15.1. The second kappa shape index (κ2) is 8.64. The van der Waals surface area contributed by atoms with Gasteiger partial charge in [0.25, 0.3) is 0 Å². The van der Waals surface area contributed by atoms with E-state index in [9.17, 15) is 4.79 Å². The summed E-state index contributed by atoms with van der Waals surface area (Å²) in [6.07, 6.45) is 5.08. The van der Waals surface area contributed by atoms with Crippen LogP contribution in [-0.4, -0.2) is 41.0 Å². The Bertz CT molecular complexity index is 663. The second-order valence-electron chi connectivity index (χ2n) is 6.51. The molecule has 1 amide bonds. The van der Waals surface area contributed by atoms with E-state index in [0.717, 1.165) is 25.3 Å². The van der Waals surface area contributed by atoms with Gasteiger partial charge in [0.15, 0.2) is 0 Å². The highest BCUT2D eigenvalue weighted by Crippen LogP contribution is 2.18. The van der Waals surface area contributed by atoms with Crippen molar-refractivity contribution in [3.05, 3.63) is 53.6 Å². The fraction of sp³-hybridized carbons (Fsp3) is 0.474. The Labute approximate surface area is 144 Å². The Morgan fingerprint density at radius 1 is 1.29 bits per heavy atom. The molecule has 1 aromatic carbocycles. The van der Waals surface area contributed by atoms with Crippen LogP contribution in [0.25, 0.3) is 0 Å². The molecule has 0 saturated heterocycles. The van der Waals surface area contributed by atoms with Gasteiger partial charge in [-0.25, -0.2) is 4.98 Å². The summed E-state index contributed by atoms with van der Waals surface area (Å²) in [5.41, 5.74) is 2.39. The number of nitrogens with zero attached hydrogens (tertiary/aromatic N) is 3. The molecule has 0 bridgehead atoms. The number of nitrogens with one attached hydrogen (secondary N) is 1. The number of benzene rings is 1. The molecule has 0 aliphatic carbocycles. The topological polar surface area (TPSA) is 50.2 Å². The first-order valence-corrected chi connectivity index (χ1v) is 8.44. The smallest absolute Gasteiger partial charge is 0.220 e. The number of likely N-dealkylation sites (N-methyl/N-ethyl adjacent to an activating group) is 1. The van der Waals surface area contributed by atoms with Gasteiger partial charge in [0.1, 0.15) is 5.82 Å². The van der Waals surface area contributed by atoms with Crippen molar-refractivity contribution < 1.29 is 4.79 Å². The molecule has 2 aromatic rings. The molecule has 2 rings (SSSR count). The summed E-state index contributed by atoms with van der Waals surface area (Å²) in [5, 5.41) is 3.19. The Hall–Kier alpha value is -2.14. The van der Waals surface area contributed by atoms with Gasteiger partial charge in [0, 0.05) is 31.9 Å². The Morgan fingerprint density at radius 3 is 2.67 bits per heavy atom. The van der Waals surface area contributed by atoms with Gasteiger partial charge in [0.05, 0.1) is 6.04 Å². The number of rotatable bonds is 8. The SMILES string of the molecule is Cc1ccccc1C(CN(C)C)NC(=O)CCCn1ccnc1C. The molecule has 1 heterocycles. The second-order valence-corrected chi connectivity index (χ2v) is 6.51. The molecular weight excluding hydrogens is 300 g/mol. The summed E-state index contributed by atoms with van der Waals surface area (Å²) in [5.74, 6) is 1.09. The molecule has 0 aliphatic heterocycles. The highest BCUT2D eigenvalue weighted by molar-refractivity contribution is 5.76. The van der Waals surface area contributed by atoms with E-state index in [1.54, 1.807) is 6.20 Å². The van der Waals surface area contributed by atoms with Gasteiger partial charge >= 0.3 is 0 Å². The minimum atomic E-state index is 0.0173. The van der Waals surface area contributed by atoms with Crippen molar-refractivity contribution in [3.63, 3.8) is 0 Å². The third-order valence-electron chi connectivity index (χ3n) is 4.17. The highest BCUT2D eigenvalue weighted by atomic mass is 16.1. The van der Waals surface area contributed by atoms with Crippen LogP contribution in [-0.2, 0) is 11.3 Å². The van der Waals surface area contributed by atoms with Crippen LogP contribution in [0, 0.1) is 13.8 Å². The molecule has 1 atom stereocenters. The Balaban J connectivity index is 1.92. The molecule has 0 saturated carbocycles. The van der Waals surface area contributed by atoms with Crippen molar-refractivity contribution in [2.75, 3.05) is 20.6 Å². The molecule has 1 unspecified atom stereocenters. The molecular formula is C19H28N4O. The minimum Gasteiger partial charge on any atom is -0.348 e. The van der Waals surface area contributed by atoms with Crippen molar-refractivity contribution in [1.82, 2.24) is 19.8 Å². The maximum Gasteiger partial charge on any atom is 0.220 e. The number of aryl methyl sites for hydroxylation is 3. The normalized spacial score (nSPS) is 12.4. The van der Waals surface area contributed by atoms with Gasteiger partial charge in [-0.2, -0.15) is 0 Å². The van der Waals surface area contributed by atoms with Crippen LogP contribution >= 0.6 is 0 Å². The molecule has 1 aromatic heterocycles. The van der Waals surface area contributed by atoms with Crippen molar-refractivity contribution >= 4 is 5.91 Å². The lowest BCUT2D eigenvalue weighted by atomic mass is 10.0. The maximum atomic E-state index is 12.4. The van der Waals surface area contributed by atoms with Gasteiger partial charge in [0.2, 0.25) is 5.91 Å². The van der Waals surface area contributed by atoms with Gasteiger partial charge in [-0.05, 0) is 45.5 Å². The van der Waals surface area contributed by atoms with Crippen molar-refractivity contribution in [3.8, 4) is 0 Å². The summed E-state index contributed by atoms with van der Waals surface area (Å²) < 4.78 is 2.08. The van der Waals surface area contributed by atoms with Crippen LogP contribution in [0.3, 0.4) is 0 Å². The minimum absolute atomic E-state index is 0.0173. The number of amides is 1. The fourth-order valence-corrected chi connectivity index (χ4v) is 2.88. The lowest BCUT2D eigenvalue weighted by molar-refractivity contribution is -0.122. The molecule has 0 aliphatic rings. The average molecular weight is 328 g/mol. The Morgan fingerprint density at radius 2 is 2.04 bits per heavy atom. The molecule has 130 valence electrons. The van der Waals surface area contributed by atoms with E-state index in [2.05, 4.69) is 38.8 Å². The van der Waals surface area contributed by atoms with Crippen LogP contribution < -0.4 is 5.32 Å². The quantitative estimate of drug-likeness (QED) is 0.810. The van der Waals surface area contributed by atoms with E-state index in [0.29, 0.717) is 6.42 Å². The zero-order valence-corrected chi connectivity index (χ0v) is 15.1. The number of carbonyl (C=O) groups is 1. The van der Waals surface area contributed by atoms with Gasteiger partial charge in [-0.1, -0.05) is 24.3 Å². The maximum absolute atomic E-state index is 12.4. The molecule has 1 N–H and O–H groups in total. The van der Waals surface area contributed by atoms with Crippen LogP contribution in [0.2, 0.25) is 0 Å². The van der Waals surface area contributed by atoms with E-state index in [-0.39, 0.29) is 11.9 Å². The predicted octanol–water partition coefficient (Wildman–Crippen LogP) is 2.70. The third kappa shape index (κ3) is 5.20. The average Bonchev–Trinajstić information content (AvgIpc) is 2.92. The largest absolute Gasteiger partial charge is 0.348 e. The van der Waals surface area contributed by atoms with E-state index in [4.69, 9.17) is 0 Å². The standard InChI is InChI=1S/C19H28N4O/c1-15-8-5-6-9-17(15)18(14-22(3)4)21-19(24)10-7-12-23-13-11-20-16(23)2/h5-6,8-9,11,13,18H,7,10,12,14H2,1-4H3,(H,21,24). The summed E-state index contributed by atoms with van der Waals surface area (Å²) in [7, 11) is 4.05. The molecule has 5 nitrogen and oxygen atoms in total. The number of imidazole rings is 1. The highest BCUT2D eigenvalue weighted by Gasteiger charge is 2.17. The fourth-order valence-electron chi connectivity index (χ4n) is 2.88. The number of carbonyl (C=O) groups excluding carboxylic acids is 1. The summed E-state index contributed by atoms with van der Waals surface area (Å²) in [4.78, 5) is 18.7. The van der Waals surface area contributed by atoms with Gasteiger partial charge < -0.3 is 14.8 Å². The molecule has 0 spiro atoms. The lowest BCUT2D eigenvalue weighted by Crippen LogP contribution is -2.35. The third-order valence-corrected chi connectivity index (χ3v) is 4.17. The van der Waals surface area contributed by atoms with Gasteiger partial charge in [-0.15, -0.1) is 0 Å². The molecule has 0 fully saturated rings. The summed E-state index contributed by atoms with van der Waals surface area (Å²) in [6, 6.07) is 8.26. The van der Waals surface area contributed by atoms with Crippen LogP contribution in [0.15, 0.2) is 36.7 Å². The first-order chi connectivity index (χ1) is 11.5. The Kier molecular flexibility index (Phi) is 6.55. The van der Waals surface area contributed by atoms with E-state index in [1.807, 2.05) is 39.3 Å². The van der Waals surface area contributed by atoms with Crippen molar-refractivity contribution in [2.45, 2.75) is 39.3 Å². The lowest BCUT2D eigenvalue weighted by Gasteiger charge is -2.24. The molecule has 24 heavy (non-hydrogen) atoms. The zero-order chi connectivity index (χ0) is 17.5. The molecule has 0 radical (unpaired) electrons. The monoisotopic (exact) mass is 328 g/mol. The number of aromatic nitrogens is 2. The first kappa shape index (κ1) is 18.2.